The largest absolute Gasteiger partial charge is 0.494 e. The van der Waals surface area contributed by atoms with E-state index in [4.69, 9.17) is 4.74 Å². The third-order valence-electron chi connectivity index (χ3n) is 5.03. The Kier molecular flexibility index (Phi) is 5.11. The molecular formula is C23H21NO4S. The molecule has 0 radical (unpaired) electrons. The Morgan fingerprint density at radius 2 is 1.93 bits per heavy atom. The van der Waals surface area contributed by atoms with Crippen LogP contribution in [-0.4, -0.2) is 23.6 Å². The molecule has 1 aromatic heterocycles. The highest BCUT2D eigenvalue weighted by Crippen LogP contribution is 2.50. The smallest absolute Gasteiger partial charge is 0.346 e. The molecule has 3 aromatic rings. The fourth-order valence-corrected chi connectivity index (χ4v) is 4.98. The topological polar surface area (TPSA) is 75.6 Å². The number of amides is 1. The highest BCUT2D eigenvalue weighted by molar-refractivity contribution is 7.15. The fraction of sp³-hybridized carbons (Fsp3) is 0.217. The second kappa shape index (κ2) is 7.72. The zero-order valence-electron chi connectivity index (χ0n) is 16.2. The SMILES string of the molecule is CCOc1ccccc1[C@H]1CC(=O)Nc2c1sc(C(=O)O)c2-c1ccc(C)cc1. The van der Waals surface area contributed by atoms with Crippen LogP contribution in [0.25, 0.3) is 11.1 Å². The minimum Gasteiger partial charge on any atom is -0.494 e. The highest BCUT2D eigenvalue weighted by Gasteiger charge is 2.35. The molecule has 2 N–H and O–H groups in total. The van der Waals surface area contributed by atoms with E-state index in [0.29, 0.717) is 17.9 Å². The van der Waals surface area contributed by atoms with Crippen LogP contribution in [0.15, 0.2) is 48.5 Å². The van der Waals surface area contributed by atoms with Crippen LogP contribution in [0.5, 0.6) is 5.75 Å². The van der Waals surface area contributed by atoms with Gasteiger partial charge in [-0.15, -0.1) is 11.3 Å². The molecule has 0 spiro atoms. The number of carbonyl (C=O) groups excluding carboxylic acids is 1. The summed E-state index contributed by atoms with van der Waals surface area (Å²) < 4.78 is 5.78. The molecule has 1 aliphatic heterocycles. The van der Waals surface area contributed by atoms with Crippen molar-refractivity contribution >= 4 is 28.9 Å². The number of nitrogens with one attached hydrogen (secondary N) is 1. The predicted octanol–water partition coefficient (Wildman–Crippen LogP) is 5.29. The first-order chi connectivity index (χ1) is 14.0. The molecule has 0 unspecified atom stereocenters. The van der Waals surface area contributed by atoms with Gasteiger partial charge in [0.2, 0.25) is 5.91 Å². The van der Waals surface area contributed by atoms with Crippen LogP contribution in [-0.2, 0) is 4.79 Å². The molecule has 5 nitrogen and oxygen atoms in total. The molecular weight excluding hydrogens is 386 g/mol. The molecule has 0 saturated heterocycles. The van der Waals surface area contributed by atoms with E-state index in [1.165, 1.54) is 11.3 Å². The van der Waals surface area contributed by atoms with E-state index >= 15 is 0 Å². The number of anilines is 1. The number of rotatable bonds is 5. The van der Waals surface area contributed by atoms with Gasteiger partial charge >= 0.3 is 5.97 Å². The summed E-state index contributed by atoms with van der Waals surface area (Å²) in [5.41, 5.74) is 3.94. The average molecular weight is 407 g/mol. The summed E-state index contributed by atoms with van der Waals surface area (Å²) in [5.74, 6) is -0.644. The number of thiophene rings is 1. The van der Waals surface area contributed by atoms with Crippen LogP contribution in [0.2, 0.25) is 0 Å². The number of hydrogen-bond donors (Lipinski definition) is 2. The van der Waals surface area contributed by atoms with E-state index in [1.54, 1.807) is 0 Å². The minimum absolute atomic E-state index is 0.128. The van der Waals surface area contributed by atoms with Crippen molar-refractivity contribution in [3.05, 3.63) is 69.4 Å². The maximum atomic E-state index is 12.6. The molecule has 29 heavy (non-hydrogen) atoms. The first-order valence-electron chi connectivity index (χ1n) is 9.48. The van der Waals surface area contributed by atoms with Crippen LogP contribution in [0, 0.1) is 6.92 Å². The molecule has 1 amide bonds. The lowest BCUT2D eigenvalue weighted by molar-refractivity contribution is -0.116. The van der Waals surface area contributed by atoms with Crippen molar-refractivity contribution in [2.45, 2.75) is 26.2 Å². The second-order valence-electron chi connectivity index (χ2n) is 6.99. The molecule has 6 heteroatoms. The third-order valence-corrected chi connectivity index (χ3v) is 6.33. The number of benzene rings is 2. The summed E-state index contributed by atoms with van der Waals surface area (Å²) in [7, 11) is 0. The molecule has 148 valence electrons. The molecule has 1 atom stereocenters. The molecule has 0 saturated carbocycles. The number of para-hydroxylation sites is 1. The van der Waals surface area contributed by atoms with Crippen molar-refractivity contribution in [3.63, 3.8) is 0 Å². The second-order valence-corrected chi connectivity index (χ2v) is 8.04. The molecule has 2 heterocycles. The summed E-state index contributed by atoms with van der Waals surface area (Å²) in [6.45, 7) is 4.41. The van der Waals surface area contributed by atoms with Crippen molar-refractivity contribution in [3.8, 4) is 16.9 Å². The summed E-state index contributed by atoms with van der Waals surface area (Å²) in [4.78, 5) is 25.7. The first-order valence-corrected chi connectivity index (χ1v) is 10.3. The zero-order valence-corrected chi connectivity index (χ0v) is 17.0. The lowest BCUT2D eigenvalue weighted by Gasteiger charge is -2.25. The number of aryl methyl sites for hydroxylation is 1. The van der Waals surface area contributed by atoms with E-state index in [0.717, 1.165) is 27.3 Å². The number of aromatic carboxylic acids is 1. The van der Waals surface area contributed by atoms with Crippen LogP contribution in [0.1, 0.15) is 44.9 Å². The van der Waals surface area contributed by atoms with Gasteiger partial charge in [-0.2, -0.15) is 0 Å². The maximum absolute atomic E-state index is 12.6. The normalized spacial score (nSPS) is 15.5. The Morgan fingerprint density at radius 3 is 2.62 bits per heavy atom. The highest BCUT2D eigenvalue weighted by atomic mass is 32.1. The van der Waals surface area contributed by atoms with E-state index in [9.17, 15) is 14.7 Å². The summed E-state index contributed by atoms with van der Waals surface area (Å²) in [5, 5.41) is 12.8. The van der Waals surface area contributed by atoms with Gasteiger partial charge in [-0.3, -0.25) is 4.79 Å². The van der Waals surface area contributed by atoms with Crippen LogP contribution in [0.3, 0.4) is 0 Å². The summed E-state index contributed by atoms with van der Waals surface area (Å²) in [6.07, 6.45) is 0.254. The molecule has 0 aliphatic carbocycles. The van der Waals surface area contributed by atoms with Gasteiger partial charge in [0.1, 0.15) is 10.6 Å². The molecule has 0 fully saturated rings. The van der Waals surface area contributed by atoms with Crippen molar-refractivity contribution in [1.82, 2.24) is 0 Å². The first kappa shape index (κ1) is 19.2. The molecule has 1 aliphatic rings. The Morgan fingerprint density at radius 1 is 1.21 bits per heavy atom. The van der Waals surface area contributed by atoms with E-state index in [1.807, 2.05) is 62.4 Å². The monoisotopic (exact) mass is 407 g/mol. The number of carboxylic acids is 1. The van der Waals surface area contributed by atoms with Crippen LogP contribution >= 0.6 is 11.3 Å². The minimum atomic E-state index is -0.994. The van der Waals surface area contributed by atoms with Crippen LogP contribution in [0.4, 0.5) is 5.69 Å². The van der Waals surface area contributed by atoms with E-state index < -0.39 is 5.97 Å². The lowest BCUT2D eigenvalue weighted by Crippen LogP contribution is -2.22. The van der Waals surface area contributed by atoms with Crippen molar-refractivity contribution in [2.75, 3.05) is 11.9 Å². The van der Waals surface area contributed by atoms with Gasteiger partial charge in [0.15, 0.2) is 0 Å². The number of ether oxygens (including phenoxy) is 1. The van der Waals surface area contributed by atoms with Gasteiger partial charge in [0.25, 0.3) is 0 Å². The Bertz CT molecular complexity index is 1080. The van der Waals surface area contributed by atoms with Gasteiger partial charge in [-0.05, 0) is 25.5 Å². The third kappa shape index (κ3) is 3.51. The molecule has 0 bridgehead atoms. The number of carboxylic acid groups (broad SMARTS) is 1. The van der Waals surface area contributed by atoms with Crippen molar-refractivity contribution < 1.29 is 19.4 Å². The Labute approximate surface area is 173 Å². The fourth-order valence-electron chi connectivity index (χ4n) is 3.74. The van der Waals surface area contributed by atoms with Crippen LogP contribution < -0.4 is 10.1 Å². The van der Waals surface area contributed by atoms with Gasteiger partial charge in [-0.25, -0.2) is 4.79 Å². The lowest BCUT2D eigenvalue weighted by atomic mass is 9.88. The molecule has 4 rings (SSSR count). The van der Waals surface area contributed by atoms with Crippen molar-refractivity contribution in [1.29, 1.82) is 0 Å². The Hall–Kier alpha value is -3.12. The van der Waals surface area contributed by atoms with Gasteiger partial charge < -0.3 is 15.2 Å². The van der Waals surface area contributed by atoms with E-state index in [-0.39, 0.29) is 23.1 Å². The number of carbonyl (C=O) groups is 2. The van der Waals surface area contributed by atoms with Crippen molar-refractivity contribution in [2.24, 2.45) is 0 Å². The quantitative estimate of drug-likeness (QED) is 0.602. The Balaban J connectivity index is 1.92. The number of fused-ring (bicyclic) bond motifs is 1. The summed E-state index contributed by atoms with van der Waals surface area (Å²) in [6, 6.07) is 15.3. The molecule has 2 aromatic carbocycles. The van der Waals surface area contributed by atoms with Gasteiger partial charge in [-0.1, -0.05) is 48.0 Å². The van der Waals surface area contributed by atoms with E-state index in [2.05, 4.69) is 5.32 Å². The summed E-state index contributed by atoms with van der Waals surface area (Å²) >= 11 is 1.23. The van der Waals surface area contributed by atoms with Gasteiger partial charge in [0, 0.05) is 28.3 Å². The predicted molar refractivity (Wildman–Crippen MR) is 114 cm³/mol. The standard InChI is InChI=1S/C23H21NO4S/c1-3-28-17-7-5-4-6-15(17)16-12-18(25)24-20-19(14-10-8-13(2)9-11-14)22(23(26)27)29-21(16)20/h4-11,16H,3,12H2,1-2H3,(H,24,25)(H,26,27)/t16-/m1/s1. The average Bonchev–Trinajstić information content (AvgIpc) is 3.08. The number of hydrogen-bond acceptors (Lipinski definition) is 4. The van der Waals surface area contributed by atoms with Gasteiger partial charge in [0.05, 0.1) is 12.3 Å². The zero-order chi connectivity index (χ0) is 20.5. The maximum Gasteiger partial charge on any atom is 0.346 e.